The summed E-state index contributed by atoms with van der Waals surface area (Å²) in [4.78, 5) is 19.9. The number of pyridine rings is 1. The largest absolute Gasteiger partial charge is 0.464 e. The summed E-state index contributed by atoms with van der Waals surface area (Å²) < 4.78 is 5.55. The maximum atomic E-state index is 12.8. The van der Waals surface area contributed by atoms with E-state index >= 15 is 0 Å². The second kappa shape index (κ2) is 7.36. The third-order valence-corrected chi connectivity index (χ3v) is 4.52. The summed E-state index contributed by atoms with van der Waals surface area (Å²) in [6, 6.07) is 17.3. The highest BCUT2D eigenvalue weighted by Gasteiger charge is 2.18. The summed E-state index contributed by atoms with van der Waals surface area (Å²) in [5.41, 5.74) is 0.595. The molecular weight excluding hydrogens is 320 g/mol. The molecule has 1 aromatic carbocycles. The van der Waals surface area contributed by atoms with Crippen LogP contribution >= 0.6 is 11.8 Å². The molecule has 2 heterocycles. The van der Waals surface area contributed by atoms with E-state index in [9.17, 15) is 4.79 Å². The van der Waals surface area contributed by atoms with Gasteiger partial charge in [-0.15, -0.1) is 0 Å². The average molecular weight is 338 g/mol. The number of carbonyl (C=O) groups excluding carboxylic acids is 1. The molecule has 0 fully saturated rings. The van der Waals surface area contributed by atoms with Crippen LogP contribution in [0.15, 0.2) is 75.1 Å². The maximum absolute atomic E-state index is 12.8. The van der Waals surface area contributed by atoms with Crippen LogP contribution in [-0.2, 0) is 6.54 Å². The molecule has 0 atom stereocenters. The van der Waals surface area contributed by atoms with Crippen molar-refractivity contribution in [3.63, 3.8) is 0 Å². The molecule has 0 unspecified atom stereocenters. The number of hydrogen-bond acceptors (Lipinski definition) is 4. The standard InChI is InChI=1S/C19H18N2O2S/c1-14-10-11-15(23-14)13-21(2)19(22)17-9-6-12-20-18(17)24-16-7-4-3-5-8-16/h3-12H,13H2,1-2H3. The Kier molecular flexibility index (Phi) is 5.01. The number of amides is 1. The van der Waals surface area contributed by atoms with Crippen molar-refractivity contribution in [2.45, 2.75) is 23.4 Å². The molecule has 0 saturated carbocycles. The van der Waals surface area contributed by atoms with Gasteiger partial charge in [-0.25, -0.2) is 4.98 Å². The van der Waals surface area contributed by atoms with Crippen LogP contribution in [-0.4, -0.2) is 22.8 Å². The lowest BCUT2D eigenvalue weighted by Gasteiger charge is -2.17. The van der Waals surface area contributed by atoms with Crippen LogP contribution in [0.4, 0.5) is 0 Å². The Hall–Kier alpha value is -2.53. The van der Waals surface area contributed by atoms with E-state index < -0.39 is 0 Å². The van der Waals surface area contributed by atoms with Gasteiger partial charge in [-0.05, 0) is 43.3 Å². The lowest BCUT2D eigenvalue weighted by Crippen LogP contribution is -2.26. The minimum Gasteiger partial charge on any atom is -0.464 e. The smallest absolute Gasteiger partial charge is 0.256 e. The molecule has 0 aliphatic rings. The van der Waals surface area contributed by atoms with Crippen molar-refractivity contribution in [1.82, 2.24) is 9.88 Å². The molecule has 0 saturated heterocycles. The second-order valence-corrected chi connectivity index (χ2v) is 6.51. The Morgan fingerprint density at radius 2 is 1.92 bits per heavy atom. The van der Waals surface area contributed by atoms with Crippen molar-refractivity contribution in [3.8, 4) is 0 Å². The molecule has 24 heavy (non-hydrogen) atoms. The van der Waals surface area contributed by atoms with E-state index in [1.165, 1.54) is 11.8 Å². The third-order valence-electron chi connectivity index (χ3n) is 3.50. The topological polar surface area (TPSA) is 46.3 Å². The van der Waals surface area contributed by atoms with E-state index in [1.807, 2.05) is 55.5 Å². The van der Waals surface area contributed by atoms with Crippen molar-refractivity contribution in [3.05, 3.63) is 77.9 Å². The number of hydrogen-bond donors (Lipinski definition) is 0. The Balaban J connectivity index is 1.79. The number of carbonyl (C=O) groups is 1. The molecule has 0 aliphatic heterocycles. The Bertz CT molecular complexity index is 830. The molecule has 5 heteroatoms. The Morgan fingerprint density at radius 3 is 2.62 bits per heavy atom. The van der Waals surface area contributed by atoms with E-state index in [0.29, 0.717) is 17.1 Å². The molecule has 0 bridgehead atoms. The monoisotopic (exact) mass is 338 g/mol. The number of nitrogens with zero attached hydrogens (tertiary/aromatic N) is 2. The van der Waals surface area contributed by atoms with Gasteiger partial charge in [0.2, 0.25) is 0 Å². The number of aryl methyl sites for hydroxylation is 1. The van der Waals surface area contributed by atoms with Crippen molar-refractivity contribution >= 4 is 17.7 Å². The highest BCUT2D eigenvalue weighted by atomic mass is 32.2. The molecular formula is C19H18N2O2S. The normalized spacial score (nSPS) is 10.6. The molecule has 3 rings (SSSR count). The number of furan rings is 1. The van der Waals surface area contributed by atoms with Crippen LogP contribution in [0.1, 0.15) is 21.9 Å². The van der Waals surface area contributed by atoms with E-state index in [2.05, 4.69) is 4.98 Å². The lowest BCUT2D eigenvalue weighted by molar-refractivity contribution is 0.0770. The maximum Gasteiger partial charge on any atom is 0.256 e. The average Bonchev–Trinajstić information content (AvgIpc) is 3.00. The summed E-state index contributed by atoms with van der Waals surface area (Å²) >= 11 is 1.49. The van der Waals surface area contributed by atoms with Crippen LogP contribution in [0.25, 0.3) is 0 Å². The summed E-state index contributed by atoms with van der Waals surface area (Å²) in [7, 11) is 1.77. The van der Waals surface area contributed by atoms with Gasteiger partial charge < -0.3 is 9.32 Å². The van der Waals surface area contributed by atoms with Crippen LogP contribution in [0.2, 0.25) is 0 Å². The van der Waals surface area contributed by atoms with Gasteiger partial charge in [0.25, 0.3) is 5.91 Å². The van der Waals surface area contributed by atoms with Crippen molar-refractivity contribution < 1.29 is 9.21 Å². The zero-order valence-corrected chi connectivity index (χ0v) is 14.4. The van der Waals surface area contributed by atoms with E-state index in [0.717, 1.165) is 16.4 Å². The SMILES string of the molecule is Cc1ccc(CN(C)C(=O)c2cccnc2Sc2ccccc2)o1. The van der Waals surface area contributed by atoms with Crippen LogP contribution in [0.5, 0.6) is 0 Å². The molecule has 2 aromatic heterocycles. The van der Waals surface area contributed by atoms with Crippen molar-refractivity contribution in [1.29, 1.82) is 0 Å². The fourth-order valence-corrected chi connectivity index (χ4v) is 3.21. The van der Waals surface area contributed by atoms with Gasteiger partial charge in [0.1, 0.15) is 16.5 Å². The molecule has 0 N–H and O–H groups in total. The van der Waals surface area contributed by atoms with Gasteiger partial charge in [-0.3, -0.25) is 4.79 Å². The zero-order chi connectivity index (χ0) is 16.9. The van der Waals surface area contributed by atoms with E-state index in [-0.39, 0.29) is 5.91 Å². The number of rotatable bonds is 5. The van der Waals surface area contributed by atoms with Gasteiger partial charge in [0.05, 0.1) is 12.1 Å². The fourth-order valence-electron chi connectivity index (χ4n) is 2.32. The van der Waals surface area contributed by atoms with E-state index in [4.69, 9.17) is 4.42 Å². The highest BCUT2D eigenvalue weighted by molar-refractivity contribution is 7.99. The van der Waals surface area contributed by atoms with Gasteiger partial charge >= 0.3 is 0 Å². The molecule has 1 amide bonds. The minimum atomic E-state index is -0.0735. The van der Waals surface area contributed by atoms with Gasteiger partial charge in [-0.2, -0.15) is 0 Å². The quantitative estimate of drug-likeness (QED) is 0.691. The molecule has 0 spiro atoms. The molecule has 0 radical (unpaired) electrons. The highest BCUT2D eigenvalue weighted by Crippen LogP contribution is 2.29. The first kappa shape index (κ1) is 16.3. The van der Waals surface area contributed by atoms with Crippen molar-refractivity contribution in [2.24, 2.45) is 0 Å². The number of aromatic nitrogens is 1. The Labute approximate surface area is 145 Å². The lowest BCUT2D eigenvalue weighted by atomic mass is 10.2. The molecule has 0 aliphatic carbocycles. The van der Waals surface area contributed by atoms with Crippen LogP contribution in [0, 0.1) is 6.92 Å². The van der Waals surface area contributed by atoms with Crippen LogP contribution < -0.4 is 0 Å². The first-order chi connectivity index (χ1) is 11.6. The van der Waals surface area contributed by atoms with Gasteiger partial charge in [0.15, 0.2) is 0 Å². The summed E-state index contributed by atoms with van der Waals surface area (Å²) in [5, 5.41) is 0.705. The second-order valence-electron chi connectivity index (χ2n) is 5.44. The van der Waals surface area contributed by atoms with Gasteiger partial charge in [-0.1, -0.05) is 30.0 Å². The fraction of sp³-hybridized carbons (Fsp3) is 0.158. The third kappa shape index (κ3) is 3.86. The molecule has 122 valence electrons. The first-order valence-electron chi connectivity index (χ1n) is 7.62. The predicted octanol–water partition coefficient (Wildman–Crippen LogP) is 4.41. The Morgan fingerprint density at radius 1 is 1.12 bits per heavy atom. The van der Waals surface area contributed by atoms with Crippen LogP contribution in [0.3, 0.4) is 0 Å². The summed E-state index contributed by atoms with van der Waals surface area (Å²) in [6.07, 6.45) is 1.71. The predicted molar refractivity (Wildman–Crippen MR) is 94.0 cm³/mol. The molecule has 4 nitrogen and oxygen atoms in total. The number of benzene rings is 1. The zero-order valence-electron chi connectivity index (χ0n) is 13.6. The van der Waals surface area contributed by atoms with E-state index in [1.54, 1.807) is 24.2 Å². The first-order valence-corrected chi connectivity index (χ1v) is 8.44. The van der Waals surface area contributed by atoms with Crippen molar-refractivity contribution in [2.75, 3.05) is 7.05 Å². The minimum absolute atomic E-state index is 0.0735. The summed E-state index contributed by atoms with van der Waals surface area (Å²) in [6.45, 7) is 2.32. The molecule has 3 aromatic rings. The summed E-state index contributed by atoms with van der Waals surface area (Å²) in [5.74, 6) is 1.53. The van der Waals surface area contributed by atoms with Gasteiger partial charge in [0, 0.05) is 18.1 Å².